The summed E-state index contributed by atoms with van der Waals surface area (Å²) in [6.07, 6.45) is 0.171. The summed E-state index contributed by atoms with van der Waals surface area (Å²) in [5.74, 6) is -0.0862. The molecule has 0 aliphatic rings. The van der Waals surface area contributed by atoms with Gasteiger partial charge in [0, 0.05) is 11.6 Å². The highest BCUT2D eigenvalue weighted by Crippen LogP contribution is 2.05. The van der Waals surface area contributed by atoms with Gasteiger partial charge in [0.15, 0.2) is 0 Å². The van der Waals surface area contributed by atoms with Crippen LogP contribution in [0.5, 0.6) is 0 Å². The third kappa shape index (κ3) is 4.03. The predicted octanol–water partition coefficient (Wildman–Crippen LogP) is 1.88. The van der Waals surface area contributed by atoms with Gasteiger partial charge < -0.3 is 10.4 Å². The van der Waals surface area contributed by atoms with Crippen LogP contribution in [0, 0.1) is 6.92 Å². The minimum Gasteiger partial charge on any atom is -0.393 e. The third-order valence-corrected chi connectivity index (χ3v) is 2.35. The lowest BCUT2D eigenvalue weighted by Gasteiger charge is -2.15. The lowest BCUT2D eigenvalue weighted by molar-refractivity contribution is 0.0923. The topological polar surface area (TPSA) is 49.3 Å². The van der Waals surface area contributed by atoms with Crippen LogP contribution >= 0.6 is 0 Å². The minimum atomic E-state index is -0.396. The van der Waals surface area contributed by atoms with Gasteiger partial charge in [-0.3, -0.25) is 4.79 Å². The first-order valence-electron chi connectivity index (χ1n) is 5.54. The van der Waals surface area contributed by atoms with E-state index in [0.717, 1.165) is 5.56 Å². The molecule has 0 saturated heterocycles. The van der Waals surface area contributed by atoms with Crippen molar-refractivity contribution < 1.29 is 9.90 Å². The van der Waals surface area contributed by atoms with Crippen LogP contribution in [0.4, 0.5) is 0 Å². The van der Waals surface area contributed by atoms with Gasteiger partial charge in [-0.15, -0.1) is 0 Å². The highest BCUT2D eigenvalue weighted by Gasteiger charge is 2.11. The number of hydrogen-bond donors (Lipinski definition) is 2. The summed E-state index contributed by atoms with van der Waals surface area (Å²) in [7, 11) is 0. The van der Waals surface area contributed by atoms with E-state index in [4.69, 9.17) is 0 Å². The van der Waals surface area contributed by atoms with E-state index in [1.165, 1.54) is 0 Å². The average Bonchev–Trinajstić information content (AvgIpc) is 2.16. The number of nitrogens with one attached hydrogen (secondary N) is 1. The fourth-order valence-electron chi connectivity index (χ4n) is 1.66. The lowest BCUT2D eigenvalue weighted by atomic mass is 10.1. The Hall–Kier alpha value is -1.35. The molecule has 1 rings (SSSR count). The van der Waals surface area contributed by atoms with Gasteiger partial charge in [0.1, 0.15) is 0 Å². The van der Waals surface area contributed by atoms with Crippen LogP contribution in [-0.4, -0.2) is 23.2 Å². The van der Waals surface area contributed by atoms with E-state index in [1.54, 1.807) is 13.0 Å². The Balaban J connectivity index is 2.59. The summed E-state index contributed by atoms with van der Waals surface area (Å²) in [6, 6.07) is 7.44. The number of benzene rings is 1. The Labute approximate surface area is 96.5 Å². The molecule has 0 spiro atoms. The van der Waals surface area contributed by atoms with E-state index in [1.807, 2.05) is 32.0 Å². The maximum Gasteiger partial charge on any atom is 0.251 e. The van der Waals surface area contributed by atoms with Crippen LogP contribution < -0.4 is 5.32 Å². The van der Waals surface area contributed by atoms with Crippen molar-refractivity contribution in [2.75, 3.05) is 0 Å². The van der Waals surface area contributed by atoms with Gasteiger partial charge in [0.2, 0.25) is 0 Å². The second-order valence-electron chi connectivity index (χ2n) is 4.33. The number of hydrogen-bond acceptors (Lipinski definition) is 2. The molecule has 88 valence electrons. The first-order chi connectivity index (χ1) is 7.49. The van der Waals surface area contributed by atoms with Gasteiger partial charge in [0.05, 0.1) is 6.10 Å². The molecule has 1 aromatic rings. The normalized spacial score (nSPS) is 14.2. The summed E-state index contributed by atoms with van der Waals surface area (Å²) in [5, 5.41) is 12.1. The van der Waals surface area contributed by atoms with Gasteiger partial charge >= 0.3 is 0 Å². The molecule has 0 fully saturated rings. The van der Waals surface area contributed by atoms with Gasteiger partial charge in [-0.2, -0.15) is 0 Å². The summed E-state index contributed by atoms with van der Waals surface area (Å²) < 4.78 is 0. The zero-order valence-corrected chi connectivity index (χ0v) is 10.0. The molecule has 0 aliphatic heterocycles. The second kappa shape index (κ2) is 5.66. The van der Waals surface area contributed by atoms with Gasteiger partial charge in [-0.25, -0.2) is 0 Å². The van der Waals surface area contributed by atoms with Crippen molar-refractivity contribution in [2.24, 2.45) is 0 Å². The summed E-state index contributed by atoms with van der Waals surface area (Å²) in [5.41, 5.74) is 1.73. The molecule has 0 saturated carbocycles. The SMILES string of the molecule is Cc1cccc(C(=O)NC(C)CC(C)O)c1. The van der Waals surface area contributed by atoms with Crippen molar-refractivity contribution in [1.29, 1.82) is 0 Å². The Morgan fingerprint density at radius 1 is 1.44 bits per heavy atom. The Morgan fingerprint density at radius 3 is 2.69 bits per heavy atom. The van der Waals surface area contributed by atoms with Crippen LogP contribution in [0.1, 0.15) is 36.2 Å². The van der Waals surface area contributed by atoms with E-state index in [2.05, 4.69) is 5.32 Å². The van der Waals surface area contributed by atoms with Crippen LogP contribution in [-0.2, 0) is 0 Å². The third-order valence-electron chi connectivity index (χ3n) is 2.35. The Bertz CT molecular complexity index is 361. The monoisotopic (exact) mass is 221 g/mol. The van der Waals surface area contributed by atoms with Crippen LogP contribution in [0.2, 0.25) is 0 Å². The maximum absolute atomic E-state index is 11.8. The van der Waals surface area contributed by atoms with Crippen LogP contribution in [0.25, 0.3) is 0 Å². The number of aliphatic hydroxyl groups is 1. The maximum atomic E-state index is 11.8. The van der Waals surface area contributed by atoms with Gasteiger partial charge in [-0.05, 0) is 39.3 Å². The Morgan fingerprint density at radius 2 is 2.12 bits per heavy atom. The standard InChI is InChI=1S/C13H19NO2/c1-9-5-4-6-12(7-9)13(16)14-10(2)8-11(3)15/h4-7,10-11,15H,8H2,1-3H3,(H,14,16). The highest BCUT2D eigenvalue weighted by atomic mass is 16.3. The highest BCUT2D eigenvalue weighted by molar-refractivity contribution is 5.94. The molecular formula is C13H19NO2. The number of aliphatic hydroxyl groups excluding tert-OH is 1. The smallest absolute Gasteiger partial charge is 0.251 e. The predicted molar refractivity (Wildman–Crippen MR) is 64.4 cm³/mol. The number of aryl methyl sites for hydroxylation is 1. The molecule has 3 heteroatoms. The van der Waals surface area contributed by atoms with Crippen LogP contribution in [0.15, 0.2) is 24.3 Å². The molecule has 2 atom stereocenters. The van der Waals surface area contributed by atoms with Crippen molar-refractivity contribution in [2.45, 2.75) is 39.3 Å². The van der Waals surface area contributed by atoms with E-state index >= 15 is 0 Å². The quantitative estimate of drug-likeness (QED) is 0.815. The summed E-state index contributed by atoms with van der Waals surface area (Å²) in [6.45, 7) is 5.56. The summed E-state index contributed by atoms with van der Waals surface area (Å²) in [4.78, 5) is 11.8. The zero-order valence-electron chi connectivity index (χ0n) is 10.0. The van der Waals surface area contributed by atoms with E-state index in [-0.39, 0.29) is 11.9 Å². The Kier molecular flexibility index (Phi) is 4.50. The molecule has 3 nitrogen and oxygen atoms in total. The van der Waals surface area contributed by atoms with Crippen molar-refractivity contribution in [1.82, 2.24) is 5.32 Å². The van der Waals surface area contributed by atoms with E-state index in [0.29, 0.717) is 12.0 Å². The van der Waals surface area contributed by atoms with Crippen molar-refractivity contribution in [3.63, 3.8) is 0 Å². The van der Waals surface area contributed by atoms with Gasteiger partial charge in [0.25, 0.3) is 5.91 Å². The van der Waals surface area contributed by atoms with Crippen molar-refractivity contribution >= 4 is 5.91 Å². The molecule has 0 bridgehead atoms. The minimum absolute atomic E-state index is 0.0204. The largest absolute Gasteiger partial charge is 0.393 e. The van der Waals surface area contributed by atoms with Crippen molar-refractivity contribution in [3.8, 4) is 0 Å². The molecule has 1 aromatic carbocycles. The molecule has 16 heavy (non-hydrogen) atoms. The number of rotatable bonds is 4. The molecular weight excluding hydrogens is 202 g/mol. The van der Waals surface area contributed by atoms with Gasteiger partial charge in [-0.1, -0.05) is 17.7 Å². The molecule has 2 unspecified atom stereocenters. The summed E-state index contributed by atoms with van der Waals surface area (Å²) >= 11 is 0. The number of carbonyl (C=O) groups is 1. The van der Waals surface area contributed by atoms with Crippen molar-refractivity contribution in [3.05, 3.63) is 35.4 Å². The average molecular weight is 221 g/mol. The molecule has 0 aliphatic carbocycles. The lowest BCUT2D eigenvalue weighted by Crippen LogP contribution is -2.34. The molecule has 2 N–H and O–H groups in total. The first kappa shape index (κ1) is 12.7. The zero-order chi connectivity index (χ0) is 12.1. The first-order valence-corrected chi connectivity index (χ1v) is 5.54. The molecule has 0 heterocycles. The van der Waals surface area contributed by atoms with E-state index < -0.39 is 6.10 Å². The van der Waals surface area contributed by atoms with E-state index in [9.17, 15) is 9.90 Å². The molecule has 0 aromatic heterocycles. The number of amides is 1. The molecule has 0 radical (unpaired) electrons. The second-order valence-corrected chi connectivity index (χ2v) is 4.33. The fraction of sp³-hybridized carbons (Fsp3) is 0.462. The number of carbonyl (C=O) groups excluding carboxylic acids is 1. The fourth-order valence-corrected chi connectivity index (χ4v) is 1.66. The van der Waals surface area contributed by atoms with Crippen LogP contribution in [0.3, 0.4) is 0 Å². The molecule has 1 amide bonds.